The molecule has 56 heavy (non-hydrogen) atoms. The number of aromatic nitrogens is 2. The van der Waals surface area contributed by atoms with Gasteiger partial charge < -0.3 is 20.6 Å². The highest BCUT2D eigenvalue weighted by Gasteiger charge is 2.20. The van der Waals surface area contributed by atoms with Gasteiger partial charge in [-0.25, -0.2) is 0 Å². The van der Waals surface area contributed by atoms with E-state index in [0.717, 1.165) is 34.6 Å². The zero-order valence-corrected chi connectivity index (χ0v) is 31.1. The molecule has 8 aromatic carbocycles. The van der Waals surface area contributed by atoms with Crippen molar-refractivity contribution in [1.29, 1.82) is 0 Å². The second-order valence-electron chi connectivity index (χ2n) is 14.1. The van der Waals surface area contributed by atoms with E-state index in [1.165, 1.54) is 60.3 Å². The third kappa shape index (κ3) is 6.53. The number of nitrogens with two attached hydrogens (primary N) is 2. The Labute approximate surface area is 327 Å². The summed E-state index contributed by atoms with van der Waals surface area (Å²) in [5.74, 6) is 0. The lowest BCUT2D eigenvalue weighted by Gasteiger charge is -2.12. The van der Waals surface area contributed by atoms with Crippen LogP contribution in [0, 0.1) is 0 Å². The molecule has 0 amide bonds. The third-order valence-electron chi connectivity index (χ3n) is 10.6. The van der Waals surface area contributed by atoms with Crippen LogP contribution in [0.1, 0.15) is 16.7 Å². The molecule has 4 heteroatoms. The Morgan fingerprint density at radius 2 is 0.857 bits per heavy atom. The highest BCUT2D eigenvalue weighted by atomic mass is 15.0. The Hall–Kier alpha value is -7.14. The van der Waals surface area contributed by atoms with E-state index in [1.54, 1.807) is 0 Å². The van der Waals surface area contributed by atoms with Crippen LogP contribution in [0.2, 0.25) is 0 Å². The maximum atomic E-state index is 6.12. The van der Waals surface area contributed by atoms with E-state index < -0.39 is 0 Å². The number of fused-ring (bicyclic) bond motifs is 7. The van der Waals surface area contributed by atoms with E-state index in [4.69, 9.17) is 11.5 Å². The van der Waals surface area contributed by atoms with E-state index in [9.17, 15) is 0 Å². The van der Waals surface area contributed by atoms with E-state index in [1.807, 2.05) is 36.4 Å². The van der Waals surface area contributed by atoms with Gasteiger partial charge in [-0.1, -0.05) is 170 Å². The second kappa shape index (κ2) is 15.3. The van der Waals surface area contributed by atoms with Gasteiger partial charge in [0, 0.05) is 45.2 Å². The SMILES string of the molecule is N/C(=C\Cc1ccc(-c2ccccc2)cc1)c1ccccc1.NCc1ccc(-n2c3ccccc3c3ccc4c5ccccc5n(-c5ccccc5)c4c32)cc1. The van der Waals surface area contributed by atoms with Crippen molar-refractivity contribution >= 4 is 49.3 Å². The minimum atomic E-state index is 0.542. The molecule has 0 saturated carbocycles. The lowest BCUT2D eigenvalue weighted by atomic mass is 10.0. The van der Waals surface area contributed by atoms with Crippen LogP contribution in [0.5, 0.6) is 0 Å². The molecule has 4 N–H and O–H groups in total. The molecule has 0 aliphatic rings. The van der Waals surface area contributed by atoms with Crippen LogP contribution in [0.3, 0.4) is 0 Å². The summed E-state index contributed by atoms with van der Waals surface area (Å²) in [4.78, 5) is 0. The average molecular weight is 723 g/mol. The topological polar surface area (TPSA) is 61.9 Å². The highest BCUT2D eigenvalue weighted by molar-refractivity contribution is 6.23. The van der Waals surface area contributed by atoms with Crippen molar-refractivity contribution in [2.75, 3.05) is 0 Å². The molecular formula is C52H42N4. The van der Waals surface area contributed by atoms with Crippen LogP contribution in [0.25, 0.3) is 71.8 Å². The minimum Gasteiger partial charge on any atom is -0.398 e. The lowest BCUT2D eigenvalue weighted by Crippen LogP contribution is -2.00. The Kier molecular flexibility index (Phi) is 9.46. The molecule has 0 saturated heterocycles. The van der Waals surface area contributed by atoms with Crippen molar-refractivity contribution in [2.45, 2.75) is 13.0 Å². The summed E-state index contributed by atoms with van der Waals surface area (Å²) in [5, 5.41) is 5.03. The first-order valence-corrected chi connectivity index (χ1v) is 19.1. The monoisotopic (exact) mass is 722 g/mol. The van der Waals surface area contributed by atoms with Crippen molar-refractivity contribution in [1.82, 2.24) is 9.13 Å². The van der Waals surface area contributed by atoms with Crippen molar-refractivity contribution in [3.05, 3.63) is 223 Å². The summed E-state index contributed by atoms with van der Waals surface area (Å²) < 4.78 is 4.82. The van der Waals surface area contributed by atoms with Gasteiger partial charge in [-0.15, -0.1) is 0 Å². The van der Waals surface area contributed by atoms with Gasteiger partial charge in [0.15, 0.2) is 0 Å². The van der Waals surface area contributed by atoms with Crippen LogP contribution in [-0.4, -0.2) is 9.13 Å². The van der Waals surface area contributed by atoms with Gasteiger partial charge in [-0.05, 0) is 70.6 Å². The predicted molar refractivity (Wildman–Crippen MR) is 237 cm³/mol. The fourth-order valence-electron chi connectivity index (χ4n) is 7.84. The normalized spacial score (nSPS) is 11.6. The highest BCUT2D eigenvalue weighted by Crippen LogP contribution is 2.41. The van der Waals surface area contributed by atoms with Crippen molar-refractivity contribution in [3.8, 4) is 22.5 Å². The predicted octanol–water partition coefficient (Wildman–Crippen LogP) is 12.2. The summed E-state index contributed by atoms with van der Waals surface area (Å²) >= 11 is 0. The third-order valence-corrected chi connectivity index (χ3v) is 10.6. The molecular weight excluding hydrogens is 681 g/mol. The summed E-state index contributed by atoms with van der Waals surface area (Å²) in [5.41, 5.74) is 26.0. The number of para-hydroxylation sites is 3. The molecule has 0 bridgehead atoms. The summed E-state index contributed by atoms with van der Waals surface area (Å²) in [6.45, 7) is 0.542. The molecule has 0 atom stereocenters. The molecule has 10 aromatic rings. The molecule has 0 aliphatic heterocycles. The number of benzene rings is 8. The summed E-state index contributed by atoms with van der Waals surface area (Å²) in [6, 6.07) is 70.4. The van der Waals surface area contributed by atoms with Gasteiger partial charge in [0.25, 0.3) is 0 Å². The quantitative estimate of drug-likeness (QED) is 0.172. The molecule has 0 fully saturated rings. The number of allylic oxidation sites excluding steroid dienone is 1. The van der Waals surface area contributed by atoms with Gasteiger partial charge in [-0.2, -0.15) is 0 Å². The average Bonchev–Trinajstić information content (AvgIpc) is 3.80. The van der Waals surface area contributed by atoms with E-state index >= 15 is 0 Å². The van der Waals surface area contributed by atoms with E-state index in [2.05, 4.69) is 179 Å². The van der Waals surface area contributed by atoms with Crippen LogP contribution in [0.15, 0.2) is 206 Å². The number of hydrogen-bond donors (Lipinski definition) is 2. The Morgan fingerprint density at radius 1 is 0.411 bits per heavy atom. The van der Waals surface area contributed by atoms with Crippen LogP contribution < -0.4 is 11.5 Å². The maximum Gasteiger partial charge on any atom is 0.0788 e. The van der Waals surface area contributed by atoms with Gasteiger partial charge in [0.2, 0.25) is 0 Å². The fraction of sp³-hybridized carbons (Fsp3) is 0.0385. The fourth-order valence-corrected chi connectivity index (χ4v) is 7.84. The van der Waals surface area contributed by atoms with Gasteiger partial charge in [0.05, 0.1) is 22.1 Å². The summed E-state index contributed by atoms with van der Waals surface area (Å²) in [7, 11) is 0. The minimum absolute atomic E-state index is 0.542. The van der Waals surface area contributed by atoms with Gasteiger partial charge >= 0.3 is 0 Å². The first-order valence-electron chi connectivity index (χ1n) is 19.1. The number of nitrogens with zero attached hydrogens (tertiary/aromatic N) is 2. The molecule has 2 aromatic heterocycles. The van der Waals surface area contributed by atoms with Crippen LogP contribution in [-0.2, 0) is 13.0 Å². The Morgan fingerprint density at radius 3 is 1.41 bits per heavy atom. The largest absolute Gasteiger partial charge is 0.398 e. The summed E-state index contributed by atoms with van der Waals surface area (Å²) in [6.07, 6.45) is 2.92. The second-order valence-corrected chi connectivity index (χ2v) is 14.1. The molecule has 270 valence electrons. The standard InChI is InChI=1S/C31H23N3.C21H19N/c32-20-21-14-16-23(17-15-21)34-29-13-7-5-11-25(29)27-19-18-26-24-10-4-6-12-28(24)33(30(26)31(27)34)22-8-2-1-3-9-22;22-21(20-9-5-2-6-10-20)16-13-17-11-14-19(15-12-17)18-7-3-1-4-8-18/h1-19H,20,32H2;1-12,14-16H,13,22H2/b;21-16-. The first kappa shape index (κ1) is 34.6. The van der Waals surface area contributed by atoms with Crippen molar-refractivity contribution in [2.24, 2.45) is 11.5 Å². The molecule has 10 rings (SSSR count). The Balaban J connectivity index is 0.000000162. The van der Waals surface area contributed by atoms with E-state index in [-0.39, 0.29) is 0 Å². The molecule has 4 nitrogen and oxygen atoms in total. The van der Waals surface area contributed by atoms with Crippen molar-refractivity contribution < 1.29 is 0 Å². The molecule has 0 radical (unpaired) electrons. The van der Waals surface area contributed by atoms with Crippen LogP contribution >= 0.6 is 0 Å². The zero-order valence-electron chi connectivity index (χ0n) is 31.1. The molecule has 0 aliphatic carbocycles. The maximum absolute atomic E-state index is 6.12. The number of rotatable bonds is 7. The first-order chi connectivity index (χ1) is 27.7. The smallest absolute Gasteiger partial charge is 0.0788 e. The molecule has 0 unspecified atom stereocenters. The van der Waals surface area contributed by atoms with Crippen LogP contribution in [0.4, 0.5) is 0 Å². The lowest BCUT2D eigenvalue weighted by molar-refractivity contribution is 1.06. The molecule has 0 spiro atoms. The van der Waals surface area contributed by atoms with E-state index in [0.29, 0.717) is 6.54 Å². The van der Waals surface area contributed by atoms with Gasteiger partial charge in [-0.3, -0.25) is 0 Å². The Bertz CT molecular complexity index is 2940. The molecule has 2 heterocycles. The number of hydrogen-bond acceptors (Lipinski definition) is 2. The van der Waals surface area contributed by atoms with Crippen molar-refractivity contribution in [3.63, 3.8) is 0 Å². The zero-order chi connectivity index (χ0) is 37.8. The van der Waals surface area contributed by atoms with Gasteiger partial charge in [0.1, 0.15) is 0 Å².